The molecule has 0 aliphatic rings. The van der Waals surface area contributed by atoms with E-state index < -0.39 is 0 Å². The summed E-state index contributed by atoms with van der Waals surface area (Å²) in [6.45, 7) is 2.29. The van der Waals surface area contributed by atoms with Gasteiger partial charge in [0.05, 0.1) is 6.61 Å². The first-order valence-electron chi connectivity index (χ1n) is 5.53. The highest BCUT2D eigenvalue weighted by Crippen LogP contribution is 2.16. The molecule has 0 saturated heterocycles. The molecule has 0 bridgehead atoms. The van der Waals surface area contributed by atoms with Crippen molar-refractivity contribution < 1.29 is 9.13 Å². The Morgan fingerprint density at radius 1 is 1.29 bits per heavy atom. The lowest BCUT2D eigenvalue weighted by Crippen LogP contribution is -2.01. The smallest absolute Gasteiger partial charge is 0.126 e. The Morgan fingerprint density at radius 3 is 2.88 bits per heavy atom. The molecule has 2 nitrogen and oxygen atoms in total. The Kier molecular flexibility index (Phi) is 3.70. The Hall–Kier alpha value is -1.90. The fourth-order valence-corrected chi connectivity index (χ4v) is 1.54. The summed E-state index contributed by atoms with van der Waals surface area (Å²) in [5.74, 6) is 0.498. The van der Waals surface area contributed by atoms with Crippen LogP contribution < -0.4 is 4.74 Å². The van der Waals surface area contributed by atoms with Crippen LogP contribution in [0.4, 0.5) is 4.39 Å². The number of ether oxygens (including phenoxy) is 1. The first kappa shape index (κ1) is 11.6. The molecule has 2 aromatic rings. The number of hydrogen-bond acceptors (Lipinski definition) is 2. The van der Waals surface area contributed by atoms with Gasteiger partial charge in [0.15, 0.2) is 0 Å². The molecule has 3 heteroatoms. The van der Waals surface area contributed by atoms with Crippen molar-refractivity contribution in [1.82, 2.24) is 4.98 Å². The molecule has 0 spiro atoms. The summed E-state index contributed by atoms with van der Waals surface area (Å²) >= 11 is 0. The molecular formula is C14H14FNO. The van der Waals surface area contributed by atoms with Crippen molar-refractivity contribution in [3.8, 4) is 5.75 Å². The van der Waals surface area contributed by atoms with Gasteiger partial charge in [0, 0.05) is 18.8 Å². The average Bonchev–Trinajstić information content (AvgIpc) is 2.35. The van der Waals surface area contributed by atoms with Gasteiger partial charge in [0.25, 0.3) is 0 Å². The molecule has 0 N–H and O–H groups in total. The van der Waals surface area contributed by atoms with E-state index in [-0.39, 0.29) is 5.82 Å². The Balaban J connectivity index is 1.88. The molecule has 2 rings (SSSR count). The largest absolute Gasteiger partial charge is 0.493 e. The van der Waals surface area contributed by atoms with E-state index in [9.17, 15) is 4.39 Å². The van der Waals surface area contributed by atoms with Crippen LogP contribution in [0.5, 0.6) is 5.75 Å². The van der Waals surface area contributed by atoms with Crippen LogP contribution in [0.2, 0.25) is 0 Å². The van der Waals surface area contributed by atoms with Crippen LogP contribution in [0, 0.1) is 12.7 Å². The Labute approximate surface area is 100 Å². The molecule has 0 saturated carbocycles. The van der Waals surface area contributed by atoms with Crippen LogP contribution in [0.25, 0.3) is 0 Å². The third-order valence-electron chi connectivity index (χ3n) is 2.51. The lowest BCUT2D eigenvalue weighted by Gasteiger charge is -2.07. The molecule has 0 amide bonds. The monoisotopic (exact) mass is 231 g/mol. The predicted molar refractivity (Wildman–Crippen MR) is 64.6 cm³/mol. The molecule has 0 unspecified atom stereocenters. The Morgan fingerprint density at radius 2 is 2.18 bits per heavy atom. The van der Waals surface area contributed by atoms with Gasteiger partial charge in [-0.1, -0.05) is 6.07 Å². The van der Waals surface area contributed by atoms with E-state index in [0.29, 0.717) is 17.9 Å². The number of aryl methyl sites for hydroxylation is 1. The maximum atomic E-state index is 13.0. The topological polar surface area (TPSA) is 22.1 Å². The fraction of sp³-hybridized carbons (Fsp3) is 0.214. The van der Waals surface area contributed by atoms with Crippen LogP contribution in [-0.4, -0.2) is 11.6 Å². The summed E-state index contributed by atoms with van der Waals surface area (Å²) in [5.41, 5.74) is 1.73. The third-order valence-corrected chi connectivity index (χ3v) is 2.51. The van der Waals surface area contributed by atoms with Crippen molar-refractivity contribution in [3.05, 3.63) is 59.7 Å². The number of rotatable bonds is 4. The molecule has 0 radical (unpaired) electrons. The summed E-state index contributed by atoms with van der Waals surface area (Å²) in [6.07, 6.45) is 4.36. The van der Waals surface area contributed by atoms with E-state index >= 15 is 0 Å². The van der Waals surface area contributed by atoms with Crippen molar-refractivity contribution in [2.45, 2.75) is 13.3 Å². The number of halogens is 1. The lowest BCUT2D eigenvalue weighted by atomic mass is 10.2. The van der Waals surface area contributed by atoms with Crippen molar-refractivity contribution in [2.24, 2.45) is 0 Å². The van der Waals surface area contributed by atoms with Crippen LogP contribution in [-0.2, 0) is 6.42 Å². The van der Waals surface area contributed by atoms with E-state index in [1.165, 1.54) is 6.07 Å². The number of hydrogen-bond donors (Lipinski definition) is 0. The minimum absolute atomic E-state index is 0.204. The van der Waals surface area contributed by atoms with Gasteiger partial charge in [-0.05, 0) is 42.3 Å². The van der Waals surface area contributed by atoms with Crippen molar-refractivity contribution in [2.75, 3.05) is 6.61 Å². The second-order valence-corrected chi connectivity index (χ2v) is 3.87. The number of pyridine rings is 1. The van der Waals surface area contributed by atoms with Crippen LogP contribution in [0.3, 0.4) is 0 Å². The van der Waals surface area contributed by atoms with Gasteiger partial charge in [0.1, 0.15) is 11.6 Å². The second-order valence-electron chi connectivity index (χ2n) is 3.87. The minimum Gasteiger partial charge on any atom is -0.493 e. The Bertz CT molecular complexity index is 485. The van der Waals surface area contributed by atoms with Gasteiger partial charge in [-0.2, -0.15) is 0 Å². The SMILES string of the molecule is Cc1cc(OCCc2cccnc2)ccc1F. The zero-order valence-corrected chi connectivity index (χ0v) is 9.69. The summed E-state index contributed by atoms with van der Waals surface area (Å²) in [5, 5.41) is 0. The van der Waals surface area contributed by atoms with E-state index in [0.717, 1.165) is 12.0 Å². The number of nitrogens with zero attached hydrogens (tertiary/aromatic N) is 1. The number of benzene rings is 1. The minimum atomic E-state index is -0.204. The fourth-order valence-electron chi connectivity index (χ4n) is 1.54. The van der Waals surface area contributed by atoms with Gasteiger partial charge in [-0.25, -0.2) is 4.39 Å². The second kappa shape index (κ2) is 5.43. The molecular weight excluding hydrogens is 217 g/mol. The first-order valence-corrected chi connectivity index (χ1v) is 5.53. The molecule has 1 aromatic carbocycles. The van der Waals surface area contributed by atoms with Crippen molar-refractivity contribution >= 4 is 0 Å². The van der Waals surface area contributed by atoms with Crippen LogP contribution in [0.15, 0.2) is 42.7 Å². The molecule has 1 aromatic heterocycles. The van der Waals surface area contributed by atoms with E-state index in [4.69, 9.17) is 4.74 Å². The van der Waals surface area contributed by atoms with Gasteiger partial charge < -0.3 is 4.74 Å². The quantitative estimate of drug-likeness (QED) is 0.806. The molecule has 88 valence electrons. The van der Waals surface area contributed by atoms with E-state index in [1.54, 1.807) is 25.3 Å². The molecule has 1 heterocycles. The van der Waals surface area contributed by atoms with E-state index in [1.807, 2.05) is 18.3 Å². The molecule has 0 aliphatic heterocycles. The highest BCUT2D eigenvalue weighted by Gasteiger charge is 2.00. The summed E-state index contributed by atoms with van der Waals surface area (Å²) in [4.78, 5) is 4.03. The van der Waals surface area contributed by atoms with Crippen LogP contribution in [0.1, 0.15) is 11.1 Å². The zero-order chi connectivity index (χ0) is 12.1. The normalized spacial score (nSPS) is 10.2. The van der Waals surface area contributed by atoms with Crippen molar-refractivity contribution in [1.29, 1.82) is 0 Å². The molecule has 0 fully saturated rings. The highest BCUT2D eigenvalue weighted by atomic mass is 19.1. The summed E-state index contributed by atoms with van der Waals surface area (Å²) in [6, 6.07) is 8.68. The lowest BCUT2D eigenvalue weighted by molar-refractivity contribution is 0.321. The van der Waals surface area contributed by atoms with E-state index in [2.05, 4.69) is 4.98 Å². The van der Waals surface area contributed by atoms with Crippen LogP contribution >= 0.6 is 0 Å². The first-order chi connectivity index (χ1) is 8.25. The predicted octanol–water partition coefficient (Wildman–Crippen LogP) is 3.15. The maximum Gasteiger partial charge on any atom is 0.126 e. The standard InChI is InChI=1S/C14H14FNO/c1-11-9-13(4-5-14(11)15)17-8-6-12-3-2-7-16-10-12/h2-5,7,9-10H,6,8H2,1H3. The van der Waals surface area contributed by atoms with Gasteiger partial charge in [-0.15, -0.1) is 0 Å². The van der Waals surface area contributed by atoms with Crippen molar-refractivity contribution in [3.63, 3.8) is 0 Å². The highest BCUT2D eigenvalue weighted by molar-refractivity contribution is 5.28. The number of aromatic nitrogens is 1. The van der Waals surface area contributed by atoms with Gasteiger partial charge >= 0.3 is 0 Å². The average molecular weight is 231 g/mol. The van der Waals surface area contributed by atoms with Gasteiger partial charge in [0.2, 0.25) is 0 Å². The molecule has 0 atom stereocenters. The van der Waals surface area contributed by atoms with Gasteiger partial charge in [-0.3, -0.25) is 4.98 Å². The zero-order valence-electron chi connectivity index (χ0n) is 9.69. The molecule has 17 heavy (non-hydrogen) atoms. The maximum absolute atomic E-state index is 13.0. The third kappa shape index (κ3) is 3.28. The summed E-state index contributed by atoms with van der Waals surface area (Å²) in [7, 11) is 0. The summed E-state index contributed by atoms with van der Waals surface area (Å²) < 4.78 is 18.6. The molecule has 0 aliphatic carbocycles.